The average Bonchev–Trinajstić information content (AvgIpc) is 3.42. The topological polar surface area (TPSA) is 128 Å². The van der Waals surface area contributed by atoms with Crippen molar-refractivity contribution in [3.63, 3.8) is 0 Å². The minimum Gasteiger partial charge on any atom is -0.382 e. The van der Waals surface area contributed by atoms with Crippen LogP contribution in [0.25, 0.3) is 22.4 Å². The van der Waals surface area contributed by atoms with Crippen LogP contribution in [0, 0.1) is 11.6 Å². The molecule has 2 amide bonds. The van der Waals surface area contributed by atoms with Crippen molar-refractivity contribution >= 4 is 34.3 Å². The number of benzene rings is 2. The molecule has 0 bridgehead atoms. The summed E-state index contributed by atoms with van der Waals surface area (Å²) in [4.78, 5) is 22.2. The molecule has 2 aromatic carbocycles. The minimum absolute atomic E-state index is 0.00544. The number of aromatic nitrogens is 4. The number of halogens is 3. The summed E-state index contributed by atoms with van der Waals surface area (Å²) in [5.74, 6) is -1.27. The second kappa shape index (κ2) is 8.78. The van der Waals surface area contributed by atoms with Crippen molar-refractivity contribution < 1.29 is 18.0 Å². The van der Waals surface area contributed by atoms with E-state index in [4.69, 9.17) is 11.5 Å². The fraction of sp³-hybridized carbons (Fsp3) is 0.217. The van der Waals surface area contributed by atoms with Crippen molar-refractivity contribution in [3.8, 4) is 11.5 Å². The summed E-state index contributed by atoms with van der Waals surface area (Å²) in [6.07, 6.45) is -0.824. The van der Waals surface area contributed by atoms with E-state index in [1.165, 1.54) is 27.8 Å². The van der Waals surface area contributed by atoms with E-state index in [1.807, 2.05) is 0 Å². The Kier molecular flexibility index (Phi) is 5.63. The highest BCUT2D eigenvalue weighted by molar-refractivity contribution is 5.97. The van der Waals surface area contributed by atoms with Gasteiger partial charge in [0.25, 0.3) is 0 Å². The number of nitrogens with one attached hydrogen (secondary N) is 1. The first-order chi connectivity index (χ1) is 16.8. The van der Waals surface area contributed by atoms with E-state index in [9.17, 15) is 18.0 Å². The Morgan fingerprint density at radius 2 is 1.77 bits per heavy atom. The Hall–Kier alpha value is -4.35. The maximum atomic E-state index is 14.8. The molecule has 12 heteroatoms. The molecule has 180 valence electrons. The molecule has 9 nitrogen and oxygen atoms in total. The molecule has 0 aliphatic carbocycles. The number of likely N-dealkylation sites (tertiary alicyclic amines) is 1. The zero-order chi connectivity index (χ0) is 24.7. The molecule has 5 rings (SSSR count). The number of carbonyl (C=O) groups is 1. The summed E-state index contributed by atoms with van der Waals surface area (Å²) in [6.45, 7) is 0.207. The van der Waals surface area contributed by atoms with Gasteiger partial charge in [0.15, 0.2) is 17.5 Å². The molecule has 0 spiro atoms. The lowest BCUT2D eigenvalue weighted by molar-refractivity contribution is 0.218. The smallest absolute Gasteiger partial charge is 0.322 e. The van der Waals surface area contributed by atoms with Gasteiger partial charge in [0, 0.05) is 17.5 Å². The van der Waals surface area contributed by atoms with Crippen molar-refractivity contribution in [2.24, 2.45) is 0 Å². The average molecular weight is 482 g/mol. The number of para-hydroxylation sites is 1. The third-order valence-corrected chi connectivity index (χ3v) is 5.83. The predicted molar refractivity (Wildman–Crippen MR) is 125 cm³/mol. The highest BCUT2D eigenvalue weighted by atomic mass is 19.1. The summed E-state index contributed by atoms with van der Waals surface area (Å²) in [5, 5.41) is 7.34. The lowest BCUT2D eigenvalue weighted by Crippen LogP contribution is -2.33. The van der Waals surface area contributed by atoms with Gasteiger partial charge in [-0.15, -0.1) is 0 Å². The van der Waals surface area contributed by atoms with E-state index < -0.39 is 23.8 Å². The lowest BCUT2D eigenvalue weighted by atomic mass is 10.2. The largest absolute Gasteiger partial charge is 0.382 e. The van der Waals surface area contributed by atoms with Gasteiger partial charge in [-0.25, -0.2) is 27.9 Å². The van der Waals surface area contributed by atoms with Crippen LogP contribution in [0.5, 0.6) is 0 Å². The molecule has 1 unspecified atom stereocenters. The highest BCUT2D eigenvalue weighted by Crippen LogP contribution is 2.32. The van der Waals surface area contributed by atoms with Gasteiger partial charge in [-0.2, -0.15) is 5.10 Å². The first-order valence-corrected chi connectivity index (χ1v) is 10.8. The molecular formula is C23H21F3N8O. The number of urea groups is 1. The van der Waals surface area contributed by atoms with Crippen molar-refractivity contribution in [1.29, 1.82) is 0 Å². The quantitative estimate of drug-likeness (QED) is 0.408. The monoisotopic (exact) mass is 482 g/mol. The second-order valence-electron chi connectivity index (χ2n) is 8.19. The minimum atomic E-state index is -1.08. The lowest BCUT2D eigenvalue weighted by Gasteiger charge is -2.17. The zero-order valence-electron chi connectivity index (χ0n) is 18.4. The number of fused-ring (bicyclic) bond motifs is 1. The molecule has 0 radical (unpaired) electrons. The summed E-state index contributed by atoms with van der Waals surface area (Å²) in [5.41, 5.74) is 12.8. The number of alkyl halides is 1. The standard InChI is InChI=1S/C23H21F3N8O/c24-13-8-9-33(11-13)23(35)29-18-20(27)30-22(31-21(18)28)17-14-5-3-7-16(26)19(14)34(32-17)10-12-4-1-2-6-15(12)25/h1-7,13H,8-11H2,(H,29,35)(H4,27,28,30,31). The van der Waals surface area contributed by atoms with E-state index in [-0.39, 0.29) is 60.4 Å². The number of hydrogen-bond donors (Lipinski definition) is 3. The molecule has 1 aliphatic heterocycles. The van der Waals surface area contributed by atoms with Gasteiger partial charge in [0.1, 0.15) is 34.7 Å². The van der Waals surface area contributed by atoms with Crippen molar-refractivity contribution in [2.75, 3.05) is 29.9 Å². The van der Waals surface area contributed by atoms with E-state index in [2.05, 4.69) is 20.4 Å². The SMILES string of the molecule is Nc1nc(-c2nn(Cc3ccccc3F)c3c(F)cccc23)nc(N)c1NC(=O)N1CCC(F)C1. The summed E-state index contributed by atoms with van der Waals surface area (Å²) in [6, 6.07) is 9.97. The Balaban J connectivity index is 1.52. The Morgan fingerprint density at radius 3 is 2.46 bits per heavy atom. The molecule has 1 aliphatic rings. The van der Waals surface area contributed by atoms with Crippen LogP contribution in [0.2, 0.25) is 0 Å². The van der Waals surface area contributed by atoms with E-state index >= 15 is 0 Å². The van der Waals surface area contributed by atoms with Gasteiger partial charge in [-0.05, 0) is 18.6 Å². The number of nitrogens with zero attached hydrogens (tertiary/aromatic N) is 5. The number of nitrogens with two attached hydrogens (primary N) is 2. The second-order valence-corrected chi connectivity index (χ2v) is 8.19. The number of amides is 2. The highest BCUT2D eigenvalue weighted by Gasteiger charge is 2.27. The Bertz CT molecular complexity index is 1420. The number of rotatable bonds is 4. The number of anilines is 3. The summed E-state index contributed by atoms with van der Waals surface area (Å²) >= 11 is 0. The molecule has 1 atom stereocenters. The Morgan fingerprint density at radius 1 is 1.06 bits per heavy atom. The van der Waals surface area contributed by atoms with Crippen LogP contribution >= 0.6 is 0 Å². The van der Waals surface area contributed by atoms with E-state index in [0.29, 0.717) is 10.9 Å². The maximum Gasteiger partial charge on any atom is 0.322 e. The number of carbonyl (C=O) groups excluding carboxylic acids is 1. The van der Waals surface area contributed by atoms with Crippen LogP contribution in [0.3, 0.4) is 0 Å². The van der Waals surface area contributed by atoms with Crippen LogP contribution in [0.15, 0.2) is 42.5 Å². The fourth-order valence-electron chi connectivity index (χ4n) is 4.08. The molecule has 2 aromatic heterocycles. The molecule has 3 heterocycles. The van der Waals surface area contributed by atoms with Crippen LogP contribution in [-0.2, 0) is 6.54 Å². The summed E-state index contributed by atoms with van der Waals surface area (Å²) < 4.78 is 43.8. The van der Waals surface area contributed by atoms with Gasteiger partial charge < -0.3 is 21.7 Å². The first kappa shape index (κ1) is 22.4. The van der Waals surface area contributed by atoms with Crippen LogP contribution in [0.1, 0.15) is 12.0 Å². The zero-order valence-corrected chi connectivity index (χ0v) is 18.4. The summed E-state index contributed by atoms with van der Waals surface area (Å²) in [7, 11) is 0. The van der Waals surface area contributed by atoms with Crippen molar-refractivity contribution in [2.45, 2.75) is 19.1 Å². The molecule has 35 heavy (non-hydrogen) atoms. The van der Waals surface area contributed by atoms with Crippen LogP contribution in [-0.4, -0.2) is 49.9 Å². The number of nitrogen functional groups attached to an aromatic ring is 2. The van der Waals surface area contributed by atoms with Gasteiger partial charge in [-0.3, -0.25) is 4.68 Å². The predicted octanol–water partition coefficient (Wildman–Crippen LogP) is 3.56. The maximum absolute atomic E-state index is 14.8. The van der Waals surface area contributed by atoms with Crippen molar-refractivity contribution in [1.82, 2.24) is 24.6 Å². The normalized spacial score (nSPS) is 15.6. The van der Waals surface area contributed by atoms with Gasteiger partial charge in [0.05, 0.1) is 13.1 Å². The van der Waals surface area contributed by atoms with Gasteiger partial charge >= 0.3 is 6.03 Å². The molecule has 0 saturated carbocycles. The first-order valence-electron chi connectivity index (χ1n) is 10.8. The molecular weight excluding hydrogens is 461 g/mol. The van der Waals surface area contributed by atoms with Crippen LogP contribution < -0.4 is 16.8 Å². The van der Waals surface area contributed by atoms with Crippen LogP contribution in [0.4, 0.5) is 35.3 Å². The molecule has 1 saturated heterocycles. The van der Waals surface area contributed by atoms with E-state index in [0.717, 1.165) is 0 Å². The van der Waals surface area contributed by atoms with Gasteiger partial charge in [-0.1, -0.05) is 30.3 Å². The number of hydrogen-bond acceptors (Lipinski definition) is 6. The van der Waals surface area contributed by atoms with E-state index in [1.54, 1.807) is 24.3 Å². The fourth-order valence-corrected chi connectivity index (χ4v) is 4.08. The molecule has 4 aromatic rings. The molecule has 1 fully saturated rings. The third-order valence-electron chi connectivity index (χ3n) is 5.83. The van der Waals surface area contributed by atoms with Gasteiger partial charge in [0.2, 0.25) is 0 Å². The van der Waals surface area contributed by atoms with Crippen molar-refractivity contribution in [3.05, 3.63) is 59.7 Å². The Labute approximate surface area is 197 Å². The third kappa shape index (κ3) is 4.18. The molecule has 5 N–H and O–H groups in total.